The molecule has 0 spiro atoms. The average molecular weight is 254 g/mol. The van der Waals surface area contributed by atoms with Crippen LogP contribution < -0.4 is 5.32 Å². The van der Waals surface area contributed by atoms with Crippen molar-refractivity contribution < 1.29 is 9.90 Å². The molecule has 2 rings (SSSR count). The molecule has 2 amide bonds. The van der Waals surface area contributed by atoms with E-state index in [4.69, 9.17) is 0 Å². The number of rotatable bonds is 4. The van der Waals surface area contributed by atoms with Crippen molar-refractivity contribution in [3.8, 4) is 0 Å². The van der Waals surface area contributed by atoms with Crippen LogP contribution >= 0.6 is 0 Å². The molecular weight excluding hydrogens is 228 g/mol. The fourth-order valence-electron chi connectivity index (χ4n) is 3.44. The molecule has 104 valence electrons. The third-order valence-corrected chi connectivity index (χ3v) is 4.88. The minimum Gasteiger partial charge on any atom is -0.394 e. The normalized spacial score (nSPS) is 26.6. The number of nitrogens with one attached hydrogen (secondary N) is 1. The minimum atomic E-state index is 0.0197. The van der Waals surface area contributed by atoms with Gasteiger partial charge < -0.3 is 15.3 Å². The summed E-state index contributed by atoms with van der Waals surface area (Å²) in [5.74, 6) is 0. The molecule has 1 aliphatic heterocycles. The summed E-state index contributed by atoms with van der Waals surface area (Å²) in [6.45, 7) is 3.91. The summed E-state index contributed by atoms with van der Waals surface area (Å²) in [4.78, 5) is 13.9. The van der Waals surface area contributed by atoms with E-state index in [1.54, 1.807) is 4.90 Å². The molecule has 2 aliphatic rings. The quantitative estimate of drug-likeness (QED) is 0.807. The zero-order valence-electron chi connectivity index (χ0n) is 11.5. The SMILES string of the molecule is CCC1(CNC(=O)N2CCCC2CO)CCCC1. The first-order valence-electron chi connectivity index (χ1n) is 7.36. The summed E-state index contributed by atoms with van der Waals surface area (Å²) in [5, 5.41) is 12.3. The fraction of sp³-hybridized carbons (Fsp3) is 0.929. The van der Waals surface area contributed by atoms with Gasteiger partial charge in [0, 0.05) is 13.1 Å². The van der Waals surface area contributed by atoms with Crippen LogP contribution in [0.5, 0.6) is 0 Å². The summed E-state index contributed by atoms with van der Waals surface area (Å²) >= 11 is 0. The van der Waals surface area contributed by atoms with Crippen molar-refractivity contribution in [3.63, 3.8) is 0 Å². The third-order valence-electron chi connectivity index (χ3n) is 4.88. The molecule has 0 aromatic carbocycles. The smallest absolute Gasteiger partial charge is 0.317 e. The van der Waals surface area contributed by atoms with Gasteiger partial charge in [0.2, 0.25) is 0 Å². The molecule has 0 radical (unpaired) electrons. The zero-order chi connectivity index (χ0) is 13.0. The summed E-state index contributed by atoms with van der Waals surface area (Å²) < 4.78 is 0. The Hall–Kier alpha value is -0.770. The molecule has 4 heteroatoms. The van der Waals surface area contributed by atoms with Gasteiger partial charge in [-0.15, -0.1) is 0 Å². The van der Waals surface area contributed by atoms with Crippen LogP contribution in [-0.2, 0) is 0 Å². The van der Waals surface area contributed by atoms with E-state index in [9.17, 15) is 9.90 Å². The van der Waals surface area contributed by atoms with E-state index in [0.29, 0.717) is 5.41 Å². The van der Waals surface area contributed by atoms with E-state index in [1.807, 2.05) is 0 Å². The minimum absolute atomic E-state index is 0.0197. The van der Waals surface area contributed by atoms with Gasteiger partial charge in [-0.05, 0) is 37.5 Å². The zero-order valence-corrected chi connectivity index (χ0v) is 11.5. The number of amides is 2. The van der Waals surface area contributed by atoms with Gasteiger partial charge in [0.1, 0.15) is 0 Å². The Bertz CT molecular complexity index is 288. The molecule has 1 saturated carbocycles. The van der Waals surface area contributed by atoms with Gasteiger partial charge in [0.25, 0.3) is 0 Å². The lowest BCUT2D eigenvalue weighted by Crippen LogP contribution is -2.47. The first kappa shape index (κ1) is 13.7. The third kappa shape index (κ3) is 2.79. The molecule has 1 unspecified atom stereocenters. The standard InChI is InChI=1S/C14H26N2O2/c1-2-14(7-3-4-8-14)11-15-13(18)16-9-5-6-12(16)10-17/h12,17H,2-11H2,1H3,(H,15,18). The van der Waals surface area contributed by atoms with E-state index < -0.39 is 0 Å². The van der Waals surface area contributed by atoms with E-state index in [-0.39, 0.29) is 18.7 Å². The number of likely N-dealkylation sites (tertiary alicyclic amines) is 1. The van der Waals surface area contributed by atoms with Crippen LogP contribution in [0.15, 0.2) is 0 Å². The van der Waals surface area contributed by atoms with Crippen LogP contribution in [0.4, 0.5) is 4.79 Å². The molecule has 2 N–H and O–H groups in total. The van der Waals surface area contributed by atoms with Crippen molar-refractivity contribution >= 4 is 6.03 Å². The van der Waals surface area contributed by atoms with Crippen LogP contribution in [0.1, 0.15) is 51.9 Å². The molecule has 0 aromatic heterocycles. The first-order valence-corrected chi connectivity index (χ1v) is 7.36. The van der Waals surface area contributed by atoms with E-state index in [1.165, 1.54) is 25.7 Å². The van der Waals surface area contributed by atoms with Crippen LogP contribution in [0.3, 0.4) is 0 Å². The second-order valence-electron chi connectivity index (χ2n) is 5.89. The molecule has 1 heterocycles. The Morgan fingerprint density at radius 1 is 1.39 bits per heavy atom. The van der Waals surface area contributed by atoms with Crippen molar-refractivity contribution in [2.24, 2.45) is 5.41 Å². The van der Waals surface area contributed by atoms with Gasteiger partial charge in [-0.3, -0.25) is 0 Å². The largest absolute Gasteiger partial charge is 0.394 e. The molecule has 1 saturated heterocycles. The topological polar surface area (TPSA) is 52.6 Å². The Labute approximate surface area is 110 Å². The van der Waals surface area contributed by atoms with E-state index >= 15 is 0 Å². The summed E-state index contributed by atoms with van der Waals surface area (Å²) in [6, 6.07) is 0.0532. The number of aliphatic hydroxyl groups excluding tert-OH is 1. The molecule has 1 aliphatic carbocycles. The van der Waals surface area contributed by atoms with E-state index in [0.717, 1.165) is 32.4 Å². The lowest BCUT2D eigenvalue weighted by atomic mass is 9.83. The maximum absolute atomic E-state index is 12.1. The monoisotopic (exact) mass is 254 g/mol. The number of carbonyl (C=O) groups excluding carboxylic acids is 1. The van der Waals surface area contributed by atoms with Crippen molar-refractivity contribution in [2.45, 2.75) is 57.9 Å². The highest BCUT2D eigenvalue weighted by Gasteiger charge is 2.34. The van der Waals surface area contributed by atoms with Crippen LogP contribution in [0.2, 0.25) is 0 Å². The number of nitrogens with zero attached hydrogens (tertiary/aromatic N) is 1. The summed E-state index contributed by atoms with van der Waals surface area (Å²) in [6.07, 6.45) is 8.18. The Kier molecular flexibility index (Phi) is 4.49. The Morgan fingerprint density at radius 3 is 2.72 bits per heavy atom. The van der Waals surface area contributed by atoms with Crippen LogP contribution in [-0.4, -0.2) is 41.8 Å². The predicted octanol–water partition coefficient (Wildman–Crippen LogP) is 2.12. The number of carbonyl (C=O) groups is 1. The van der Waals surface area contributed by atoms with Crippen molar-refractivity contribution in [1.82, 2.24) is 10.2 Å². The highest BCUT2D eigenvalue weighted by Crippen LogP contribution is 2.40. The number of hydrogen-bond donors (Lipinski definition) is 2. The van der Waals surface area contributed by atoms with Crippen LogP contribution in [0, 0.1) is 5.41 Å². The lowest BCUT2D eigenvalue weighted by molar-refractivity contribution is 0.152. The van der Waals surface area contributed by atoms with Gasteiger partial charge in [-0.25, -0.2) is 4.79 Å². The van der Waals surface area contributed by atoms with E-state index in [2.05, 4.69) is 12.2 Å². The second kappa shape index (κ2) is 5.91. The molecule has 2 fully saturated rings. The highest BCUT2D eigenvalue weighted by atomic mass is 16.3. The number of hydrogen-bond acceptors (Lipinski definition) is 2. The van der Waals surface area contributed by atoms with Crippen molar-refractivity contribution in [1.29, 1.82) is 0 Å². The molecule has 18 heavy (non-hydrogen) atoms. The molecule has 1 atom stereocenters. The maximum Gasteiger partial charge on any atom is 0.317 e. The number of aliphatic hydroxyl groups is 1. The Morgan fingerprint density at radius 2 is 2.11 bits per heavy atom. The molecule has 4 nitrogen and oxygen atoms in total. The predicted molar refractivity (Wildman–Crippen MR) is 71.4 cm³/mol. The first-order chi connectivity index (χ1) is 8.71. The molecular formula is C14H26N2O2. The van der Waals surface area contributed by atoms with Gasteiger partial charge >= 0.3 is 6.03 Å². The average Bonchev–Trinajstić information content (AvgIpc) is 3.05. The van der Waals surface area contributed by atoms with Gasteiger partial charge in [0.15, 0.2) is 0 Å². The fourth-order valence-corrected chi connectivity index (χ4v) is 3.44. The summed E-state index contributed by atoms with van der Waals surface area (Å²) in [7, 11) is 0. The Balaban J connectivity index is 1.84. The van der Waals surface area contributed by atoms with Crippen molar-refractivity contribution in [2.75, 3.05) is 19.7 Å². The lowest BCUT2D eigenvalue weighted by Gasteiger charge is -2.30. The summed E-state index contributed by atoms with van der Waals surface area (Å²) in [5.41, 5.74) is 0.337. The van der Waals surface area contributed by atoms with Gasteiger partial charge in [-0.2, -0.15) is 0 Å². The van der Waals surface area contributed by atoms with Gasteiger partial charge in [-0.1, -0.05) is 19.8 Å². The highest BCUT2D eigenvalue weighted by molar-refractivity contribution is 5.74. The second-order valence-corrected chi connectivity index (χ2v) is 5.89. The number of urea groups is 1. The maximum atomic E-state index is 12.1. The van der Waals surface area contributed by atoms with Crippen molar-refractivity contribution in [3.05, 3.63) is 0 Å². The van der Waals surface area contributed by atoms with Gasteiger partial charge in [0.05, 0.1) is 12.6 Å². The van der Waals surface area contributed by atoms with Crippen LogP contribution in [0.25, 0.3) is 0 Å². The molecule has 0 bridgehead atoms. The molecule has 0 aromatic rings.